The molecule has 3 rings (SSSR count). The lowest BCUT2D eigenvalue weighted by Crippen LogP contribution is -2.54. The summed E-state index contributed by atoms with van der Waals surface area (Å²) in [5, 5.41) is 8.02. The number of carbonyl (C=O) groups excluding carboxylic acids is 4. The molecule has 2 aromatic rings. The molecule has 0 radical (unpaired) electrons. The molecule has 1 saturated heterocycles. The number of hydrogen-bond donors (Lipinski definition) is 5. The van der Waals surface area contributed by atoms with Gasteiger partial charge in [0.1, 0.15) is 17.9 Å². The number of nitrogens with zero attached hydrogens (tertiary/aromatic N) is 3. The SMILES string of the molecule is Cc1cnc(C)n1C1CCN(C(=O)[C@@H](CCCCN)NC(=O)CNC(=O)[C@@H](Cc2ccccc2)NC(=O)CN)CC1. The Hall–Kier alpha value is -3.77. The number of nitrogens with two attached hydrogens (primary N) is 2. The quantitative estimate of drug-likeness (QED) is 0.200. The maximum Gasteiger partial charge on any atom is 0.245 e. The normalized spacial score (nSPS) is 15.2. The third-order valence-corrected chi connectivity index (χ3v) is 7.43. The summed E-state index contributed by atoms with van der Waals surface area (Å²) in [5.41, 5.74) is 13.0. The number of aryl methyl sites for hydroxylation is 2. The molecule has 0 spiro atoms. The molecule has 12 nitrogen and oxygen atoms in total. The van der Waals surface area contributed by atoms with Crippen LogP contribution in [0, 0.1) is 13.8 Å². The first kappa shape index (κ1) is 31.8. The number of hydrogen-bond acceptors (Lipinski definition) is 7. The Morgan fingerprint density at radius 2 is 1.66 bits per heavy atom. The zero-order valence-corrected chi connectivity index (χ0v) is 24.1. The molecule has 41 heavy (non-hydrogen) atoms. The molecule has 1 aromatic carbocycles. The highest BCUT2D eigenvalue weighted by Crippen LogP contribution is 2.26. The van der Waals surface area contributed by atoms with E-state index < -0.39 is 29.8 Å². The highest BCUT2D eigenvalue weighted by Gasteiger charge is 2.30. The van der Waals surface area contributed by atoms with Crippen LogP contribution in [0.2, 0.25) is 0 Å². The molecule has 0 aliphatic carbocycles. The predicted octanol–water partition coefficient (Wildman–Crippen LogP) is 0.0796. The molecule has 4 amide bonds. The van der Waals surface area contributed by atoms with Gasteiger partial charge in [-0.2, -0.15) is 0 Å². The van der Waals surface area contributed by atoms with Gasteiger partial charge in [0.05, 0.1) is 13.1 Å². The van der Waals surface area contributed by atoms with E-state index in [2.05, 4.69) is 25.5 Å². The second-order valence-electron chi connectivity index (χ2n) is 10.5. The average Bonchev–Trinajstić information content (AvgIpc) is 3.32. The first-order valence-electron chi connectivity index (χ1n) is 14.3. The number of aromatic nitrogens is 2. The lowest BCUT2D eigenvalue weighted by atomic mass is 10.0. The molecule has 1 aromatic heterocycles. The monoisotopic (exact) mass is 568 g/mol. The van der Waals surface area contributed by atoms with Gasteiger partial charge in [-0.1, -0.05) is 30.3 Å². The highest BCUT2D eigenvalue weighted by molar-refractivity contribution is 5.92. The van der Waals surface area contributed by atoms with Gasteiger partial charge in [0.2, 0.25) is 23.6 Å². The second-order valence-corrected chi connectivity index (χ2v) is 10.5. The number of nitrogens with one attached hydrogen (secondary N) is 3. The van der Waals surface area contributed by atoms with E-state index in [9.17, 15) is 19.2 Å². The number of unbranched alkanes of at least 4 members (excludes halogenated alkanes) is 1. The molecule has 0 saturated carbocycles. The molecule has 1 aliphatic rings. The van der Waals surface area contributed by atoms with Crippen LogP contribution in [0.25, 0.3) is 0 Å². The molecular weight excluding hydrogens is 524 g/mol. The van der Waals surface area contributed by atoms with Crippen LogP contribution >= 0.6 is 0 Å². The minimum Gasteiger partial charge on any atom is -0.345 e. The summed E-state index contributed by atoms with van der Waals surface area (Å²) in [7, 11) is 0. The lowest BCUT2D eigenvalue weighted by Gasteiger charge is -2.35. The molecule has 2 heterocycles. The van der Waals surface area contributed by atoms with Crippen molar-refractivity contribution < 1.29 is 19.2 Å². The van der Waals surface area contributed by atoms with Gasteiger partial charge in [0.25, 0.3) is 0 Å². The maximum absolute atomic E-state index is 13.5. The van der Waals surface area contributed by atoms with Crippen molar-refractivity contribution in [2.24, 2.45) is 11.5 Å². The van der Waals surface area contributed by atoms with Gasteiger partial charge in [-0.25, -0.2) is 4.98 Å². The Kier molecular flexibility index (Phi) is 12.3. The molecule has 12 heteroatoms. The molecule has 1 aliphatic heterocycles. The summed E-state index contributed by atoms with van der Waals surface area (Å²) in [6.45, 7) is 5.11. The molecule has 0 bridgehead atoms. The third kappa shape index (κ3) is 9.39. The van der Waals surface area contributed by atoms with Gasteiger partial charge in [-0.15, -0.1) is 0 Å². The number of amides is 4. The fourth-order valence-corrected chi connectivity index (χ4v) is 5.28. The van der Waals surface area contributed by atoms with Gasteiger partial charge in [0, 0.05) is 37.4 Å². The van der Waals surface area contributed by atoms with Gasteiger partial charge in [-0.05, 0) is 58.1 Å². The largest absolute Gasteiger partial charge is 0.345 e. The Morgan fingerprint density at radius 3 is 2.27 bits per heavy atom. The van der Waals surface area contributed by atoms with Crippen LogP contribution in [0.1, 0.15) is 55.2 Å². The van der Waals surface area contributed by atoms with E-state index in [0.717, 1.165) is 36.3 Å². The van der Waals surface area contributed by atoms with E-state index in [1.54, 1.807) is 0 Å². The fraction of sp³-hybridized carbons (Fsp3) is 0.552. The maximum atomic E-state index is 13.5. The van der Waals surface area contributed by atoms with Gasteiger partial charge < -0.3 is 36.9 Å². The summed E-state index contributed by atoms with van der Waals surface area (Å²) in [6.07, 6.45) is 5.60. The van der Waals surface area contributed by atoms with Crippen LogP contribution in [0.15, 0.2) is 36.5 Å². The molecule has 224 valence electrons. The van der Waals surface area contributed by atoms with Crippen molar-refractivity contribution in [3.8, 4) is 0 Å². The molecule has 7 N–H and O–H groups in total. The number of rotatable bonds is 14. The fourth-order valence-electron chi connectivity index (χ4n) is 5.28. The van der Waals surface area contributed by atoms with Crippen LogP contribution < -0.4 is 27.4 Å². The number of likely N-dealkylation sites (tertiary alicyclic amines) is 1. The summed E-state index contributed by atoms with van der Waals surface area (Å²) in [6, 6.07) is 7.91. The summed E-state index contributed by atoms with van der Waals surface area (Å²) >= 11 is 0. The van der Waals surface area contributed by atoms with Gasteiger partial charge in [-0.3, -0.25) is 19.2 Å². The Bertz CT molecular complexity index is 1140. The van der Waals surface area contributed by atoms with Crippen LogP contribution in [-0.4, -0.2) is 82.9 Å². The van der Waals surface area contributed by atoms with Gasteiger partial charge >= 0.3 is 0 Å². The van der Waals surface area contributed by atoms with Crippen molar-refractivity contribution in [1.82, 2.24) is 30.4 Å². The van der Waals surface area contributed by atoms with E-state index in [1.165, 1.54) is 0 Å². The summed E-state index contributed by atoms with van der Waals surface area (Å²) in [5.74, 6) is -0.624. The van der Waals surface area contributed by atoms with Crippen molar-refractivity contribution in [3.63, 3.8) is 0 Å². The average molecular weight is 569 g/mol. The van der Waals surface area contributed by atoms with E-state index in [0.29, 0.717) is 32.5 Å². The van der Waals surface area contributed by atoms with E-state index in [-0.39, 0.29) is 31.5 Å². The van der Waals surface area contributed by atoms with Crippen molar-refractivity contribution >= 4 is 23.6 Å². The Morgan fingerprint density at radius 1 is 0.976 bits per heavy atom. The molecule has 0 unspecified atom stereocenters. The van der Waals surface area contributed by atoms with Crippen molar-refractivity contribution in [1.29, 1.82) is 0 Å². The lowest BCUT2D eigenvalue weighted by molar-refractivity contribution is -0.138. The van der Waals surface area contributed by atoms with Gasteiger partial charge in [0.15, 0.2) is 0 Å². The number of carbonyl (C=O) groups is 4. The van der Waals surface area contributed by atoms with Crippen LogP contribution in [0.3, 0.4) is 0 Å². The van der Waals surface area contributed by atoms with Crippen molar-refractivity contribution in [2.45, 2.75) is 70.5 Å². The second kappa shape index (κ2) is 15.9. The standard InChI is InChI=1S/C29H44N8O4/c1-20-18-32-21(2)37(20)23-11-14-36(15-12-23)29(41)24(10-6-7-13-30)34-27(39)19-33-28(40)25(35-26(38)17-31)16-22-8-4-3-5-9-22/h3-5,8-9,18,23-25H,6-7,10-17,19,30-31H2,1-2H3,(H,33,40)(H,34,39)(H,35,38)/t24-,25-/m1/s1. The predicted molar refractivity (Wildman–Crippen MR) is 156 cm³/mol. The number of imidazole rings is 1. The van der Waals surface area contributed by atoms with Crippen LogP contribution in [0.5, 0.6) is 0 Å². The summed E-state index contributed by atoms with van der Waals surface area (Å²) < 4.78 is 2.23. The zero-order chi connectivity index (χ0) is 29.8. The van der Waals surface area contributed by atoms with Crippen LogP contribution in [0.4, 0.5) is 0 Å². The Balaban J connectivity index is 1.57. The first-order valence-corrected chi connectivity index (χ1v) is 14.3. The van der Waals surface area contributed by atoms with E-state index >= 15 is 0 Å². The van der Waals surface area contributed by atoms with Crippen molar-refractivity contribution in [2.75, 3.05) is 32.7 Å². The zero-order valence-electron chi connectivity index (χ0n) is 24.1. The molecular formula is C29H44N8O4. The Labute approximate surface area is 241 Å². The first-order chi connectivity index (χ1) is 19.7. The third-order valence-electron chi connectivity index (χ3n) is 7.43. The smallest absolute Gasteiger partial charge is 0.245 e. The van der Waals surface area contributed by atoms with Crippen LogP contribution in [-0.2, 0) is 25.6 Å². The molecule has 1 fully saturated rings. The number of piperidine rings is 1. The molecule has 2 atom stereocenters. The summed E-state index contributed by atoms with van der Waals surface area (Å²) in [4.78, 5) is 57.4. The minimum atomic E-state index is -0.896. The van der Waals surface area contributed by atoms with E-state index in [1.807, 2.05) is 55.3 Å². The highest BCUT2D eigenvalue weighted by atomic mass is 16.2. The number of benzene rings is 1. The van der Waals surface area contributed by atoms with E-state index in [4.69, 9.17) is 11.5 Å². The van der Waals surface area contributed by atoms with Crippen molar-refractivity contribution in [3.05, 3.63) is 53.6 Å². The minimum absolute atomic E-state index is 0.128. The topological polar surface area (TPSA) is 177 Å².